The summed E-state index contributed by atoms with van der Waals surface area (Å²) < 4.78 is 13.8. The van der Waals surface area contributed by atoms with Crippen molar-refractivity contribution in [3.8, 4) is 11.4 Å². The number of benzene rings is 1. The van der Waals surface area contributed by atoms with Crippen molar-refractivity contribution in [3.63, 3.8) is 0 Å². The number of nitrogens with zero attached hydrogens (tertiary/aromatic N) is 2. The summed E-state index contributed by atoms with van der Waals surface area (Å²) >= 11 is 12.1. The van der Waals surface area contributed by atoms with Crippen LogP contribution < -0.4 is 0 Å². The van der Waals surface area contributed by atoms with Gasteiger partial charge in [-0.3, -0.25) is 0 Å². The van der Waals surface area contributed by atoms with Gasteiger partial charge >= 0.3 is 0 Å². The average Bonchev–Trinajstić information content (AvgIpc) is 2.41. The molecule has 19 heavy (non-hydrogen) atoms. The summed E-state index contributed by atoms with van der Waals surface area (Å²) in [6, 6.07) is 4.34. The molecule has 1 aliphatic carbocycles. The summed E-state index contributed by atoms with van der Waals surface area (Å²) in [4.78, 5) is 8.67. The molecule has 0 atom stereocenters. The Bertz CT molecular complexity index is 644. The Kier molecular flexibility index (Phi) is 3.42. The summed E-state index contributed by atoms with van der Waals surface area (Å²) in [5.74, 6) is -0.0816. The van der Waals surface area contributed by atoms with Gasteiger partial charge in [0.25, 0.3) is 0 Å². The summed E-state index contributed by atoms with van der Waals surface area (Å²) in [5, 5.41) is 0.882. The number of aryl methyl sites for hydroxylation is 1. The SMILES string of the molecule is Fc1ccc(Cl)cc1-c1nc(Cl)c2c(n1)CCCC2. The molecule has 0 fully saturated rings. The Hall–Kier alpha value is -1.19. The van der Waals surface area contributed by atoms with Crippen LogP contribution in [0.5, 0.6) is 0 Å². The summed E-state index contributed by atoms with van der Waals surface area (Å²) in [6.07, 6.45) is 3.94. The van der Waals surface area contributed by atoms with Crippen molar-refractivity contribution in [2.45, 2.75) is 25.7 Å². The van der Waals surface area contributed by atoms with Crippen LogP contribution in [0.25, 0.3) is 11.4 Å². The Balaban J connectivity index is 2.15. The molecule has 1 aromatic heterocycles. The quantitative estimate of drug-likeness (QED) is 0.726. The Morgan fingerprint density at radius 1 is 1.05 bits per heavy atom. The third-order valence-electron chi connectivity index (χ3n) is 3.30. The molecule has 0 spiro atoms. The zero-order valence-corrected chi connectivity index (χ0v) is 11.6. The van der Waals surface area contributed by atoms with Crippen molar-refractivity contribution in [2.75, 3.05) is 0 Å². The second-order valence-corrected chi connectivity index (χ2v) is 5.39. The van der Waals surface area contributed by atoms with Gasteiger partial charge in [0.1, 0.15) is 11.0 Å². The van der Waals surface area contributed by atoms with E-state index in [9.17, 15) is 4.39 Å². The highest BCUT2D eigenvalue weighted by Crippen LogP contribution is 2.30. The minimum atomic E-state index is -0.392. The summed E-state index contributed by atoms with van der Waals surface area (Å²) in [5.41, 5.74) is 2.22. The maximum Gasteiger partial charge on any atom is 0.164 e. The van der Waals surface area contributed by atoms with Gasteiger partial charge in [-0.1, -0.05) is 23.2 Å². The Morgan fingerprint density at radius 3 is 2.68 bits per heavy atom. The molecule has 2 aromatic rings. The molecule has 0 unspecified atom stereocenters. The van der Waals surface area contributed by atoms with Crippen molar-refractivity contribution in [3.05, 3.63) is 45.4 Å². The van der Waals surface area contributed by atoms with Crippen LogP contribution in [0.15, 0.2) is 18.2 Å². The first-order chi connectivity index (χ1) is 9.15. The second-order valence-electron chi connectivity index (χ2n) is 4.59. The lowest BCUT2D eigenvalue weighted by atomic mass is 9.97. The third kappa shape index (κ3) is 2.45. The van der Waals surface area contributed by atoms with Crippen LogP contribution in [0.1, 0.15) is 24.1 Å². The summed E-state index contributed by atoms with van der Waals surface area (Å²) in [6.45, 7) is 0. The van der Waals surface area contributed by atoms with Crippen LogP contribution in [0.3, 0.4) is 0 Å². The van der Waals surface area contributed by atoms with Crippen molar-refractivity contribution in [1.29, 1.82) is 0 Å². The van der Waals surface area contributed by atoms with E-state index in [4.69, 9.17) is 23.2 Å². The molecule has 5 heteroatoms. The van der Waals surface area contributed by atoms with E-state index in [2.05, 4.69) is 9.97 Å². The van der Waals surface area contributed by atoms with Crippen LogP contribution >= 0.6 is 23.2 Å². The molecule has 0 radical (unpaired) electrons. The van der Waals surface area contributed by atoms with Gasteiger partial charge in [0.15, 0.2) is 5.82 Å². The highest BCUT2D eigenvalue weighted by molar-refractivity contribution is 6.31. The van der Waals surface area contributed by atoms with Gasteiger partial charge in [0, 0.05) is 16.3 Å². The van der Waals surface area contributed by atoms with Gasteiger partial charge in [0.05, 0.1) is 5.56 Å². The predicted molar refractivity (Wildman–Crippen MR) is 74.1 cm³/mol. The lowest BCUT2D eigenvalue weighted by molar-refractivity contribution is 0.628. The van der Waals surface area contributed by atoms with E-state index in [-0.39, 0.29) is 0 Å². The number of hydrogen-bond donors (Lipinski definition) is 0. The molecule has 1 aliphatic rings. The number of halogens is 3. The monoisotopic (exact) mass is 296 g/mol. The van der Waals surface area contributed by atoms with Gasteiger partial charge in [-0.15, -0.1) is 0 Å². The minimum absolute atomic E-state index is 0.294. The Morgan fingerprint density at radius 2 is 1.84 bits per heavy atom. The molecular formula is C14H11Cl2FN2. The van der Waals surface area contributed by atoms with E-state index < -0.39 is 5.82 Å². The lowest BCUT2D eigenvalue weighted by Crippen LogP contribution is -2.09. The number of aromatic nitrogens is 2. The maximum absolute atomic E-state index is 13.8. The topological polar surface area (TPSA) is 25.8 Å². The highest BCUT2D eigenvalue weighted by Gasteiger charge is 2.18. The highest BCUT2D eigenvalue weighted by atomic mass is 35.5. The molecule has 0 aliphatic heterocycles. The van der Waals surface area contributed by atoms with E-state index in [0.29, 0.717) is 21.6 Å². The van der Waals surface area contributed by atoms with Crippen molar-refractivity contribution >= 4 is 23.2 Å². The fourth-order valence-corrected chi connectivity index (χ4v) is 2.79. The fourth-order valence-electron chi connectivity index (χ4n) is 2.34. The van der Waals surface area contributed by atoms with Crippen molar-refractivity contribution in [1.82, 2.24) is 9.97 Å². The van der Waals surface area contributed by atoms with E-state index in [0.717, 1.165) is 36.9 Å². The molecule has 0 bridgehead atoms. The number of fused-ring (bicyclic) bond motifs is 1. The average molecular weight is 297 g/mol. The first kappa shape index (κ1) is 12.8. The van der Waals surface area contributed by atoms with Gasteiger partial charge in [0.2, 0.25) is 0 Å². The molecule has 0 amide bonds. The maximum atomic E-state index is 13.8. The van der Waals surface area contributed by atoms with Gasteiger partial charge in [-0.25, -0.2) is 14.4 Å². The van der Waals surface area contributed by atoms with E-state index in [1.54, 1.807) is 0 Å². The third-order valence-corrected chi connectivity index (χ3v) is 3.85. The molecule has 0 saturated heterocycles. The fraction of sp³-hybridized carbons (Fsp3) is 0.286. The van der Waals surface area contributed by atoms with Gasteiger partial charge in [-0.2, -0.15) is 0 Å². The van der Waals surface area contributed by atoms with Crippen molar-refractivity contribution in [2.24, 2.45) is 0 Å². The van der Waals surface area contributed by atoms with Crippen LogP contribution in [-0.4, -0.2) is 9.97 Å². The van der Waals surface area contributed by atoms with Crippen LogP contribution in [0, 0.1) is 5.82 Å². The number of rotatable bonds is 1. The smallest absolute Gasteiger partial charge is 0.164 e. The molecule has 98 valence electrons. The van der Waals surface area contributed by atoms with Crippen LogP contribution in [0.4, 0.5) is 4.39 Å². The second kappa shape index (κ2) is 5.06. The largest absolute Gasteiger partial charge is 0.233 e. The summed E-state index contributed by atoms with van der Waals surface area (Å²) in [7, 11) is 0. The van der Waals surface area contributed by atoms with Gasteiger partial charge in [-0.05, 0) is 43.9 Å². The van der Waals surface area contributed by atoms with E-state index >= 15 is 0 Å². The normalized spacial score (nSPS) is 14.3. The molecular weight excluding hydrogens is 286 g/mol. The molecule has 1 aromatic carbocycles. The Labute approximate surface area is 120 Å². The molecule has 0 N–H and O–H groups in total. The first-order valence-electron chi connectivity index (χ1n) is 6.16. The van der Waals surface area contributed by atoms with Crippen LogP contribution in [0.2, 0.25) is 10.2 Å². The van der Waals surface area contributed by atoms with Gasteiger partial charge < -0.3 is 0 Å². The lowest BCUT2D eigenvalue weighted by Gasteiger charge is -2.16. The molecule has 1 heterocycles. The standard InChI is InChI=1S/C14H11Cl2FN2/c15-8-5-6-11(17)10(7-8)14-18-12-4-2-1-3-9(12)13(16)19-14/h5-7H,1-4H2. The molecule has 3 rings (SSSR count). The first-order valence-corrected chi connectivity index (χ1v) is 6.91. The molecule has 2 nitrogen and oxygen atoms in total. The minimum Gasteiger partial charge on any atom is -0.233 e. The number of hydrogen-bond acceptors (Lipinski definition) is 2. The predicted octanol–water partition coefficient (Wildman–Crippen LogP) is 4.47. The van der Waals surface area contributed by atoms with Crippen LogP contribution in [-0.2, 0) is 12.8 Å². The zero-order valence-electron chi connectivity index (χ0n) is 10.1. The van der Waals surface area contributed by atoms with Crippen molar-refractivity contribution < 1.29 is 4.39 Å². The van der Waals surface area contributed by atoms with E-state index in [1.165, 1.54) is 18.2 Å². The zero-order chi connectivity index (χ0) is 13.4. The molecule has 0 saturated carbocycles. The van der Waals surface area contributed by atoms with E-state index in [1.807, 2.05) is 0 Å².